The van der Waals surface area contributed by atoms with E-state index in [2.05, 4.69) is 38.8 Å². The first kappa shape index (κ1) is 21.8. The number of carbonyl (C=O) groups is 2. The van der Waals surface area contributed by atoms with Gasteiger partial charge < -0.3 is 15.4 Å². The van der Waals surface area contributed by atoms with Crippen LogP contribution in [0.4, 0.5) is 5.69 Å². The molecule has 0 spiro atoms. The van der Waals surface area contributed by atoms with Crippen LogP contribution in [-0.2, 0) is 0 Å². The van der Waals surface area contributed by atoms with Crippen LogP contribution in [0.15, 0.2) is 46.9 Å². The Morgan fingerprint density at radius 1 is 1.11 bits per heavy atom. The lowest BCUT2D eigenvalue weighted by Crippen LogP contribution is -2.34. The van der Waals surface area contributed by atoms with E-state index >= 15 is 0 Å². The van der Waals surface area contributed by atoms with Crippen LogP contribution in [0.2, 0.25) is 0 Å². The predicted molar refractivity (Wildman–Crippen MR) is 118 cm³/mol. The number of anilines is 1. The number of unbranched alkanes of at least 4 members (excludes halogenated alkanes) is 1. The van der Waals surface area contributed by atoms with E-state index in [1.54, 1.807) is 49.5 Å². The third kappa shape index (κ3) is 6.31. The third-order valence-corrected chi connectivity index (χ3v) is 4.61. The summed E-state index contributed by atoms with van der Waals surface area (Å²) in [6.45, 7) is 2.72. The minimum atomic E-state index is -0.347. The number of benzene rings is 2. The van der Waals surface area contributed by atoms with E-state index in [4.69, 9.17) is 17.0 Å². The first-order chi connectivity index (χ1) is 13.4. The molecule has 0 radical (unpaired) electrons. The van der Waals surface area contributed by atoms with Crippen molar-refractivity contribution in [3.05, 3.63) is 58.1 Å². The Kier molecular flexibility index (Phi) is 8.41. The number of carbonyl (C=O) groups excluding carboxylic acids is 2. The largest absolute Gasteiger partial charge is 0.492 e. The van der Waals surface area contributed by atoms with E-state index in [1.807, 2.05) is 0 Å². The SMILES string of the molecule is CCCCOc1ccc(C(=O)NC(=S)Nc2cccc(C(=O)NC)c2)cc1Br. The number of nitrogens with one attached hydrogen (secondary N) is 3. The highest BCUT2D eigenvalue weighted by Crippen LogP contribution is 2.26. The molecule has 0 atom stereocenters. The molecule has 2 aromatic rings. The highest BCUT2D eigenvalue weighted by atomic mass is 79.9. The van der Waals surface area contributed by atoms with Crippen molar-refractivity contribution in [2.75, 3.05) is 19.0 Å². The standard InChI is InChI=1S/C20H22BrN3O3S/c1-3-4-10-27-17-9-8-14(12-16(17)21)19(26)24-20(28)23-15-7-5-6-13(11-15)18(25)22-2/h5-9,11-12H,3-4,10H2,1-2H3,(H,22,25)(H2,23,24,26,28). The Morgan fingerprint density at radius 3 is 2.54 bits per heavy atom. The quantitative estimate of drug-likeness (QED) is 0.425. The molecule has 2 amide bonds. The van der Waals surface area contributed by atoms with Crippen LogP contribution in [0, 0.1) is 0 Å². The number of thiocarbonyl (C=S) groups is 1. The molecule has 28 heavy (non-hydrogen) atoms. The number of amides is 2. The van der Waals surface area contributed by atoms with Gasteiger partial charge in [0.25, 0.3) is 11.8 Å². The molecule has 0 aromatic heterocycles. The second-order valence-electron chi connectivity index (χ2n) is 5.92. The van der Waals surface area contributed by atoms with Crippen molar-refractivity contribution in [2.45, 2.75) is 19.8 Å². The van der Waals surface area contributed by atoms with Crippen LogP contribution < -0.4 is 20.7 Å². The molecule has 0 saturated heterocycles. The van der Waals surface area contributed by atoms with Gasteiger partial charge in [-0.1, -0.05) is 19.4 Å². The Hall–Kier alpha value is -2.45. The fourth-order valence-corrected chi connectivity index (χ4v) is 3.01. The number of hydrogen-bond acceptors (Lipinski definition) is 4. The summed E-state index contributed by atoms with van der Waals surface area (Å²) in [6.07, 6.45) is 2.02. The van der Waals surface area contributed by atoms with Gasteiger partial charge >= 0.3 is 0 Å². The average molecular weight is 464 g/mol. The lowest BCUT2D eigenvalue weighted by atomic mass is 10.2. The second kappa shape index (κ2) is 10.8. The van der Waals surface area contributed by atoms with Gasteiger partial charge in [-0.3, -0.25) is 14.9 Å². The molecule has 148 valence electrons. The molecular weight excluding hydrogens is 442 g/mol. The second-order valence-corrected chi connectivity index (χ2v) is 7.18. The number of ether oxygens (including phenoxy) is 1. The highest BCUT2D eigenvalue weighted by Gasteiger charge is 2.12. The molecule has 0 heterocycles. The fraction of sp³-hybridized carbons (Fsp3) is 0.250. The van der Waals surface area contributed by atoms with Gasteiger partial charge in [0.15, 0.2) is 5.11 Å². The first-order valence-electron chi connectivity index (χ1n) is 8.81. The van der Waals surface area contributed by atoms with Crippen molar-refractivity contribution in [1.29, 1.82) is 0 Å². The van der Waals surface area contributed by atoms with E-state index in [0.717, 1.165) is 12.8 Å². The molecule has 0 fully saturated rings. The molecule has 2 aromatic carbocycles. The summed E-state index contributed by atoms with van der Waals surface area (Å²) in [5.41, 5.74) is 1.54. The van der Waals surface area contributed by atoms with Crippen molar-refractivity contribution in [1.82, 2.24) is 10.6 Å². The summed E-state index contributed by atoms with van der Waals surface area (Å²) in [6, 6.07) is 11.9. The van der Waals surface area contributed by atoms with Gasteiger partial charge in [0, 0.05) is 23.9 Å². The van der Waals surface area contributed by atoms with Crippen LogP contribution >= 0.6 is 28.1 Å². The maximum atomic E-state index is 12.4. The maximum absolute atomic E-state index is 12.4. The Labute approximate surface area is 178 Å². The van der Waals surface area contributed by atoms with E-state index in [-0.39, 0.29) is 16.9 Å². The van der Waals surface area contributed by atoms with E-state index < -0.39 is 0 Å². The molecule has 0 bridgehead atoms. The zero-order chi connectivity index (χ0) is 20.5. The minimum Gasteiger partial charge on any atom is -0.492 e. The average Bonchev–Trinajstić information content (AvgIpc) is 2.68. The first-order valence-corrected chi connectivity index (χ1v) is 10.0. The van der Waals surface area contributed by atoms with Gasteiger partial charge in [0.1, 0.15) is 5.75 Å². The highest BCUT2D eigenvalue weighted by molar-refractivity contribution is 9.10. The lowest BCUT2D eigenvalue weighted by Gasteiger charge is -2.12. The van der Waals surface area contributed by atoms with Crippen LogP contribution in [0.25, 0.3) is 0 Å². The summed E-state index contributed by atoms with van der Waals surface area (Å²) < 4.78 is 6.36. The molecular formula is C20H22BrN3O3S. The predicted octanol–water partition coefficient (Wildman–Crippen LogP) is 4.11. The molecule has 0 aliphatic carbocycles. The molecule has 0 aliphatic rings. The van der Waals surface area contributed by atoms with Crippen LogP contribution in [0.1, 0.15) is 40.5 Å². The van der Waals surface area contributed by atoms with E-state index in [1.165, 1.54) is 0 Å². The summed E-state index contributed by atoms with van der Waals surface area (Å²) in [5, 5.41) is 8.23. The van der Waals surface area contributed by atoms with Crippen molar-refractivity contribution in [2.24, 2.45) is 0 Å². The van der Waals surface area contributed by atoms with Crippen LogP contribution in [0.5, 0.6) is 5.75 Å². The number of halogens is 1. The topological polar surface area (TPSA) is 79.5 Å². The lowest BCUT2D eigenvalue weighted by molar-refractivity contribution is 0.0959. The normalized spacial score (nSPS) is 10.1. The number of rotatable bonds is 7. The van der Waals surface area contributed by atoms with Gasteiger partial charge in [-0.25, -0.2) is 0 Å². The Balaban J connectivity index is 1.98. The zero-order valence-electron chi connectivity index (χ0n) is 15.7. The van der Waals surface area contributed by atoms with E-state index in [0.29, 0.717) is 33.6 Å². The zero-order valence-corrected chi connectivity index (χ0v) is 18.1. The summed E-state index contributed by atoms with van der Waals surface area (Å²) >= 11 is 8.62. The molecule has 0 unspecified atom stereocenters. The van der Waals surface area contributed by atoms with Gasteiger partial charge in [-0.2, -0.15) is 0 Å². The molecule has 0 saturated carbocycles. The summed E-state index contributed by atoms with van der Waals surface area (Å²) in [4.78, 5) is 24.1. The fourth-order valence-electron chi connectivity index (χ4n) is 2.31. The summed E-state index contributed by atoms with van der Waals surface area (Å²) in [5.74, 6) is 0.141. The summed E-state index contributed by atoms with van der Waals surface area (Å²) in [7, 11) is 1.56. The molecule has 2 rings (SSSR count). The smallest absolute Gasteiger partial charge is 0.257 e. The van der Waals surface area contributed by atoms with Gasteiger partial charge in [0.2, 0.25) is 0 Å². The molecule has 3 N–H and O–H groups in total. The Bertz CT molecular complexity index is 874. The minimum absolute atomic E-state index is 0.137. The van der Waals surface area contributed by atoms with Crippen molar-refractivity contribution in [3.63, 3.8) is 0 Å². The van der Waals surface area contributed by atoms with Gasteiger partial charge in [-0.15, -0.1) is 0 Å². The van der Waals surface area contributed by atoms with Crippen molar-refractivity contribution >= 4 is 50.8 Å². The third-order valence-electron chi connectivity index (χ3n) is 3.79. The van der Waals surface area contributed by atoms with Crippen molar-refractivity contribution in [3.8, 4) is 5.75 Å². The van der Waals surface area contributed by atoms with Gasteiger partial charge in [-0.05, 0) is 71.0 Å². The molecule has 6 nitrogen and oxygen atoms in total. The maximum Gasteiger partial charge on any atom is 0.257 e. The van der Waals surface area contributed by atoms with Gasteiger partial charge in [0.05, 0.1) is 11.1 Å². The molecule has 8 heteroatoms. The van der Waals surface area contributed by atoms with Crippen LogP contribution in [0.3, 0.4) is 0 Å². The number of hydrogen-bond donors (Lipinski definition) is 3. The Morgan fingerprint density at radius 2 is 1.86 bits per heavy atom. The van der Waals surface area contributed by atoms with Crippen LogP contribution in [-0.4, -0.2) is 30.6 Å². The molecule has 0 aliphatic heterocycles. The van der Waals surface area contributed by atoms with E-state index in [9.17, 15) is 9.59 Å². The monoisotopic (exact) mass is 463 g/mol. The van der Waals surface area contributed by atoms with Crippen molar-refractivity contribution < 1.29 is 14.3 Å².